The molecule has 8 heteroatoms. The molecule has 3 N–H and O–H groups in total. The van der Waals surface area contributed by atoms with Crippen LogP contribution in [-0.2, 0) is 0 Å². The highest BCUT2D eigenvalue weighted by Crippen LogP contribution is 2.28. The van der Waals surface area contributed by atoms with Gasteiger partial charge in [0.15, 0.2) is 5.82 Å². The largest absolute Gasteiger partial charge is 0.366 e. The number of benzene rings is 1. The molecule has 0 amide bonds. The Morgan fingerprint density at radius 2 is 2.25 bits per heavy atom. The van der Waals surface area contributed by atoms with E-state index in [9.17, 15) is 10.1 Å². The van der Waals surface area contributed by atoms with Crippen LogP contribution in [0.4, 0.5) is 11.6 Å². The van der Waals surface area contributed by atoms with E-state index >= 15 is 0 Å². The number of nitro benzene ring substituents is 1. The van der Waals surface area contributed by atoms with Gasteiger partial charge in [-0.1, -0.05) is 11.6 Å². The van der Waals surface area contributed by atoms with Crippen LogP contribution >= 0.6 is 11.6 Å². The lowest BCUT2D eigenvalue weighted by Crippen LogP contribution is -1.90. The van der Waals surface area contributed by atoms with E-state index < -0.39 is 4.92 Å². The average molecular weight is 240 g/mol. The topological polar surface area (TPSA) is 111 Å². The number of halogens is 1. The molecule has 0 fully saturated rings. The van der Waals surface area contributed by atoms with E-state index in [0.29, 0.717) is 11.4 Å². The second kappa shape index (κ2) is 3.78. The first-order valence-corrected chi connectivity index (χ1v) is 4.58. The first-order valence-electron chi connectivity index (χ1n) is 4.20. The van der Waals surface area contributed by atoms with Crippen LogP contribution in [0.2, 0.25) is 5.02 Å². The SMILES string of the molecule is Nc1n[nH]c(-c2ccc([N+](=O)[O-])c(Cl)c2)n1. The predicted molar refractivity (Wildman–Crippen MR) is 57.9 cm³/mol. The molecule has 0 atom stereocenters. The number of rotatable bonds is 2. The van der Waals surface area contributed by atoms with E-state index in [2.05, 4.69) is 15.2 Å². The lowest BCUT2D eigenvalue weighted by Gasteiger charge is -1.98. The van der Waals surface area contributed by atoms with E-state index in [1.165, 1.54) is 18.2 Å². The fraction of sp³-hybridized carbons (Fsp3) is 0. The van der Waals surface area contributed by atoms with Crippen molar-refractivity contribution >= 4 is 23.2 Å². The Kier molecular flexibility index (Phi) is 2.45. The summed E-state index contributed by atoms with van der Waals surface area (Å²) in [5, 5.41) is 16.8. The van der Waals surface area contributed by atoms with E-state index in [1.807, 2.05) is 0 Å². The Labute approximate surface area is 94.4 Å². The van der Waals surface area contributed by atoms with Crippen molar-refractivity contribution in [3.8, 4) is 11.4 Å². The van der Waals surface area contributed by atoms with Crippen LogP contribution in [0.15, 0.2) is 18.2 Å². The number of nitro groups is 1. The monoisotopic (exact) mass is 239 g/mol. The van der Waals surface area contributed by atoms with Crippen LogP contribution in [-0.4, -0.2) is 20.1 Å². The Balaban J connectivity index is 2.45. The number of H-pyrrole nitrogens is 1. The van der Waals surface area contributed by atoms with Gasteiger partial charge < -0.3 is 5.73 Å². The molecule has 0 aliphatic heterocycles. The molecule has 0 unspecified atom stereocenters. The number of nitrogens with two attached hydrogens (primary N) is 1. The zero-order valence-corrected chi connectivity index (χ0v) is 8.60. The molecule has 1 aromatic carbocycles. The quantitative estimate of drug-likeness (QED) is 0.611. The molecule has 0 aliphatic rings. The number of nitrogen functional groups attached to an aromatic ring is 1. The van der Waals surface area contributed by atoms with E-state index in [4.69, 9.17) is 17.3 Å². The number of hydrogen-bond donors (Lipinski definition) is 2. The minimum absolute atomic E-state index is 0.0393. The molecule has 0 bridgehead atoms. The molecule has 0 radical (unpaired) electrons. The summed E-state index contributed by atoms with van der Waals surface area (Å²) < 4.78 is 0. The average Bonchev–Trinajstić information content (AvgIpc) is 2.64. The van der Waals surface area contributed by atoms with Gasteiger partial charge in [-0.05, 0) is 12.1 Å². The third-order valence-electron chi connectivity index (χ3n) is 1.92. The summed E-state index contributed by atoms with van der Waals surface area (Å²) in [5.74, 6) is 0.513. The Morgan fingerprint density at radius 1 is 1.50 bits per heavy atom. The van der Waals surface area contributed by atoms with Crippen LogP contribution < -0.4 is 5.73 Å². The van der Waals surface area contributed by atoms with Crippen molar-refractivity contribution in [2.75, 3.05) is 5.73 Å². The van der Waals surface area contributed by atoms with Gasteiger partial charge in [-0.15, -0.1) is 5.10 Å². The molecule has 1 aromatic heterocycles. The van der Waals surface area contributed by atoms with Crippen molar-refractivity contribution in [3.63, 3.8) is 0 Å². The zero-order valence-electron chi connectivity index (χ0n) is 7.85. The molecule has 7 nitrogen and oxygen atoms in total. The third kappa shape index (κ3) is 1.80. The van der Waals surface area contributed by atoms with Crippen LogP contribution in [0.5, 0.6) is 0 Å². The summed E-state index contributed by atoms with van der Waals surface area (Å²) in [6.07, 6.45) is 0. The summed E-state index contributed by atoms with van der Waals surface area (Å²) in [5.41, 5.74) is 5.77. The van der Waals surface area contributed by atoms with Gasteiger partial charge in [0.1, 0.15) is 5.02 Å². The molecular weight excluding hydrogens is 234 g/mol. The van der Waals surface area contributed by atoms with Crippen LogP contribution in [0.1, 0.15) is 0 Å². The first-order chi connectivity index (χ1) is 7.58. The summed E-state index contributed by atoms with van der Waals surface area (Å²) in [6.45, 7) is 0. The van der Waals surface area contributed by atoms with Crippen molar-refractivity contribution in [2.24, 2.45) is 0 Å². The Bertz CT molecular complexity index is 553. The maximum atomic E-state index is 10.5. The number of aromatic amines is 1. The normalized spacial score (nSPS) is 10.3. The fourth-order valence-corrected chi connectivity index (χ4v) is 1.46. The van der Waals surface area contributed by atoms with Crippen molar-refractivity contribution in [1.29, 1.82) is 0 Å². The molecule has 1 heterocycles. The zero-order chi connectivity index (χ0) is 11.7. The van der Waals surface area contributed by atoms with Gasteiger partial charge >= 0.3 is 0 Å². The predicted octanol–water partition coefficient (Wildman–Crippen LogP) is 1.62. The highest BCUT2D eigenvalue weighted by molar-refractivity contribution is 6.32. The lowest BCUT2D eigenvalue weighted by atomic mass is 10.2. The summed E-state index contributed by atoms with van der Waals surface area (Å²) in [4.78, 5) is 13.9. The number of aromatic nitrogens is 3. The lowest BCUT2D eigenvalue weighted by molar-refractivity contribution is -0.384. The van der Waals surface area contributed by atoms with Gasteiger partial charge in [0.2, 0.25) is 5.95 Å². The third-order valence-corrected chi connectivity index (χ3v) is 2.22. The molecule has 2 aromatic rings. The number of hydrogen-bond acceptors (Lipinski definition) is 5. The van der Waals surface area contributed by atoms with E-state index in [1.54, 1.807) is 0 Å². The first kappa shape index (κ1) is 10.4. The maximum Gasteiger partial charge on any atom is 0.287 e. The fourth-order valence-electron chi connectivity index (χ4n) is 1.21. The number of nitrogens with zero attached hydrogens (tertiary/aromatic N) is 3. The second-order valence-electron chi connectivity index (χ2n) is 2.97. The van der Waals surface area contributed by atoms with Crippen LogP contribution in [0.25, 0.3) is 11.4 Å². The van der Waals surface area contributed by atoms with Gasteiger partial charge in [-0.3, -0.25) is 15.2 Å². The van der Waals surface area contributed by atoms with Crippen molar-refractivity contribution in [1.82, 2.24) is 15.2 Å². The molecule has 2 rings (SSSR count). The van der Waals surface area contributed by atoms with Crippen molar-refractivity contribution < 1.29 is 4.92 Å². The van der Waals surface area contributed by atoms with Crippen molar-refractivity contribution in [2.45, 2.75) is 0 Å². The number of nitrogens with one attached hydrogen (secondary N) is 1. The molecular formula is C8H6ClN5O2. The van der Waals surface area contributed by atoms with Gasteiger partial charge in [-0.25, -0.2) is 0 Å². The summed E-state index contributed by atoms with van der Waals surface area (Å²) in [6, 6.07) is 4.25. The van der Waals surface area contributed by atoms with E-state index in [-0.39, 0.29) is 16.7 Å². The molecule has 0 saturated carbocycles. The minimum atomic E-state index is -0.555. The Hall–Kier alpha value is -2.15. The molecule has 0 saturated heterocycles. The molecule has 0 aliphatic carbocycles. The second-order valence-corrected chi connectivity index (χ2v) is 3.37. The van der Waals surface area contributed by atoms with E-state index in [0.717, 1.165) is 0 Å². The molecule has 0 spiro atoms. The highest BCUT2D eigenvalue weighted by atomic mass is 35.5. The van der Waals surface area contributed by atoms with Gasteiger partial charge in [0.25, 0.3) is 5.69 Å². The minimum Gasteiger partial charge on any atom is -0.366 e. The van der Waals surface area contributed by atoms with Gasteiger partial charge in [0, 0.05) is 11.6 Å². The number of anilines is 1. The summed E-state index contributed by atoms with van der Waals surface area (Å²) in [7, 11) is 0. The van der Waals surface area contributed by atoms with Gasteiger partial charge in [-0.2, -0.15) is 4.98 Å². The maximum absolute atomic E-state index is 10.5. The summed E-state index contributed by atoms with van der Waals surface area (Å²) >= 11 is 5.75. The molecule has 16 heavy (non-hydrogen) atoms. The Morgan fingerprint density at radius 3 is 2.75 bits per heavy atom. The van der Waals surface area contributed by atoms with Crippen LogP contribution in [0.3, 0.4) is 0 Å². The standard InChI is InChI=1S/C8H6ClN5O2/c9-5-3-4(1-2-6(5)14(15)16)7-11-8(10)13-12-7/h1-3H,(H3,10,11,12,13). The van der Waals surface area contributed by atoms with Crippen LogP contribution in [0, 0.1) is 10.1 Å². The molecule has 82 valence electrons. The highest BCUT2D eigenvalue weighted by Gasteiger charge is 2.13. The van der Waals surface area contributed by atoms with Gasteiger partial charge in [0.05, 0.1) is 4.92 Å². The smallest absolute Gasteiger partial charge is 0.287 e. The van der Waals surface area contributed by atoms with Crippen molar-refractivity contribution in [3.05, 3.63) is 33.3 Å².